The lowest BCUT2D eigenvalue weighted by molar-refractivity contribution is -0.0184. The van der Waals surface area contributed by atoms with Gasteiger partial charge in [-0.25, -0.2) is 0 Å². The van der Waals surface area contributed by atoms with Gasteiger partial charge in [0, 0.05) is 24.3 Å². The van der Waals surface area contributed by atoms with Crippen molar-refractivity contribution in [2.45, 2.75) is 18.9 Å². The molecule has 108 valence electrons. The predicted molar refractivity (Wildman–Crippen MR) is 76.0 cm³/mol. The molecular weight excluding hydrogens is 256 g/mol. The van der Waals surface area contributed by atoms with Gasteiger partial charge in [-0.2, -0.15) is 0 Å². The first-order valence-electron chi connectivity index (χ1n) is 7.16. The van der Waals surface area contributed by atoms with Crippen molar-refractivity contribution >= 4 is 11.6 Å². The minimum absolute atomic E-state index is 0.00731. The quantitative estimate of drug-likeness (QED) is 0.841. The minimum Gasteiger partial charge on any atom is -0.394 e. The highest BCUT2D eigenvalue weighted by Gasteiger charge is 2.29. The van der Waals surface area contributed by atoms with Crippen LogP contribution in [0.25, 0.3) is 0 Å². The summed E-state index contributed by atoms with van der Waals surface area (Å²) >= 11 is 0. The lowest BCUT2D eigenvalue weighted by atomic mass is 9.96. The SMILES string of the molecule is O=C(c1cccc2c1CCCN2)N1CCOCC1CO. The number of anilines is 1. The first kappa shape index (κ1) is 13.4. The average molecular weight is 276 g/mol. The molecule has 0 aromatic heterocycles. The number of rotatable bonds is 2. The normalized spacial score (nSPS) is 22.1. The number of nitrogens with one attached hydrogen (secondary N) is 1. The van der Waals surface area contributed by atoms with E-state index in [2.05, 4.69) is 5.32 Å². The first-order valence-corrected chi connectivity index (χ1v) is 7.16. The molecule has 2 N–H and O–H groups in total. The smallest absolute Gasteiger partial charge is 0.254 e. The number of morpholine rings is 1. The van der Waals surface area contributed by atoms with Crippen LogP contribution >= 0.6 is 0 Å². The fraction of sp³-hybridized carbons (Fsp3) is 0.533. The van der Waals surface area contributed by atoms with E-state index in [0.29, 0.717) is 19.8 Å². The molecule has 3 rings (SSSR count). The number of aliphatic hydroxyl groups is 1. The Hall–Kier alpha value is -1.59. The summed E-state index contributed by atoms with van der Waals surface area (Å²) in [6, 6.07) is 5.59. The second-order valence-electron chi connectivity index (χ2n) is 5.27. The van der Waals surface area contributed by atoms with Crippen LogP contribution in [0.5, 0.6) is 0 Å². The molecular formula is C15H20N2O3. The van der Waals surface area contributed by atoms with Gasteiger partial charge in [-0.15, -0.1) is 0 Å². The first-order chi connectivity index (χ1) is 9.81. The Kier molecular flexibility index (Phi) is 3.89. The zero-order valence-corrected chi connectivity index (χ0v) is 11.5. The molecule has 0 saturated carbocycles. The van der Waals surface area contributed by atoms with Crippen molar-refractivity contribution in [3.63, 3.8) is 0 Å². The van der Waals surface area contributed by atoms with E-state index in [4.69, 9.17) is 4.74 Å². The molecule has 2 heterocycles. The molecule has 1 amide bonds. The lowest BCUT2D eigenvalue weighted by Crippen LogP contribution is -2.50. The highest BCUT2D eigenvalue weighted by Crippen LogP contribution is 2.27. The highest BCUT2D eigenvalue weighted by molar-refractivity contribution is 5.97. The van der Waals surface area contributed by atoms with Crippen LogP contribution < -0.4 is 5.32 Å². The van der Waals surface area contributed by atoms with E-state index >= 15 is 0 Å². The third-order valence-corrected chi connectivity index (χ3v) is 4.02. The predicted octanol–water partition coefficient (Wildman–Crippen LogP) is 0.878. The largest absolute Gasteiger partial charge is 0.394 e. The van der Waals surface area contributed by atoms with Crippen molar-refractivity contribution < 1.29 is 14.6 Å². The maximum atomic E-state index is 12.8. The Morgan fingerprint density at radius 1 is 1.50 bits per heavy atom. The van der Waals surface area contributed by atoms with Gasteiger partial charge in [-0.3, -0.25) is 4.79 Å². The van der Waals surface area contributed by atoms with Crippen LogP contribution in [0, 0.1) is 0 Å². The van der Waals surface area contributed by atoms with Crippen LogP contribution in [0.4, 0.5) is 5.69 Å². The summed E-state index contributed by atoms with van der Waals surface area (Å²) in [6.07, 6.45) is 1.97. The van der Waals surface area contributed by atoms with E-state index in [1.807, 2.05) is 18.2 Å². The van der Waals surface area contributed by atoms with E-state index in [-0.39, 0.29) is 18.6 Å². The van der Waals surface area contributed by atoms with E-state index < -0.39 is 0 Å². The molecule has 2 aliphatic heterocycles. The maximum Gasteiger partial charge on any atom is 0.254 e. The molecule has 0 spiro atoms. The topological polar surface area (TPSA) is 61.8 Å². The molecule has 0 bridgehead atoms. The van der Waals surface area contributed by atoms with Crippen LogP contribution in [-0.2, 0) is 11.2 Å². The van der Waals surface area contributed by atoms with Crippen molar-refractivity contribution in [2.24, 2.45) is 0 Å². The number of nitrogens with zero attached hydrogens (tertiary/aromatic N) is 1. The fourth-order valence-corrected chi connectivity index (χ4v) is 2.94. The van der Waals surface area contributed by atoms with Gasteiger partial charge in [0.05, 0.1) is 25.9 Å². The van der Waals surface area contributed by atoms with Gasteiger partial charge in [0.15, 0.2) is 0 Å². The third-order valence-electron chi connectivity index (χ3n) is 4.02. The summed E-state index contributed by atoms with van der Waals surface area (Å²) in [7, 11) is 0. The van der Waals surface area contributed by atoms with Crippen LogP contribution in [0.2, 0.25) is 0 Å². The van der Waals surface area contributed by atoms with E-state index in [9.17, 15) is 9.90 Å². The number of hydrogen-bond acceptors (Lipinski definition) is 4. The van der Waals surface area contributed by atoms with Gasteiger partial charge in [-0.1, -0.05) is 6.07 Å². The zero-order valence-electron chi connectivity index (χ0n) is 11.5. The van der Waals surface area contributed by atoms with E-state index in [0.717, 1.165) is 36.2 Å². The van der Waals surface area contributed by atoms with Gasteiger partial charge < -0.3 is 20.1 Å². The second-order valence-corrected chi connectivity index (χ2v) is 5.27. The Morgan fingerprint density at radius 3 is 3.25 bits per heavy atom. The van der Waals surface area contributed by atoms with Gasteiger partial charge in [0.2, 0.25) is 0 Å². The Bertz CT molecular complexity index is 504. The molecule has 1 aromatic rings. The van der Waals surface area contributed by atoms with Crippen molar-refractivity contribution in [3.05, 3.63) is 29.3 Å². The van der Waals surface area contributed by atoms with Crippen LogP contribution in [-0.4, -0.2) is 54.9 Å². The zero-order chi connectivity index (χ0) is 13.9. The molecule has 5 heteroatoms. The molecule has 1 saturated heterocycles. The van der Waals surface area contributed by atoms with Crippen molar-refractivity contribution in [3.8, 4) is 0 Å². The van der Waals surface area contributed by atoms with Crippen LogP contribution in [0.1, 0.15) is 22.3 Å². The summed E-state index contributed by atoms with van der Waals surface area (Å²) in [5.74, 6) is 0.00731. The van der Waals surface area contributed by atoms with Crippen LogP contribution in [0.3, 0.4) is 0 Å². The van der Waals surface area contributed by atoms with Crippen molar-refractivity contribution in [2.75, 3.05) is 38.2 Å². The number of carbonyl (C=O) groups is 1. The number of ether oxygens (including phenoxy) is 1. The van der Waals surface area contributed by atoms with Crippen LogP contribution in [0.15, 0.2) is 18.2 Å². The average Bonchev–Trinajstić information content (AvgIpc) is 2.53. The van der Waals surface area contributed by atoms with Gasteiger partial charge in [0.1, 0.15) is 0 Å². The summed E-state index contributed by atoms with van der Waals surface area (Å²) in [5, 5.41) is 12.8. The lowest BCUT2D eigenvalue weighted by Gasteiger charge is -2.35. The molecule has 1 atom stereocenters. The number of fused-ring (bicyclic) bond motifs is 1. The molecule has 1 fully saturated rings. The van der Waals surface area contributed by atoms with E-state index in [1.54, 1.807) is 4.90 Å². The number of benzene rings is 1. The summed E-state index contributed by atoms with van der Waals surface area (Å²) in [5.41, 5.74) is 2.93. The molecule has 0 radical (unpaired) electrons. The van der Waals surface area contributed by atoms with Gasteiger partial charge in [0.25, 0.3) is 5.91 Å². The summed E-state index contributed by atoms with van der Waals surface area (Å²) in [6.45, 7) is 2.40. The summed E-state index contributed by atoms with van der Waals surface area (Å²) in [4.78, 5) is 14.5. The monoisotopic (exact) mass is 276 g/mol. The summed E-state index contributed by atoms with van der Waals surface area (Å²) < 4.78 is 5.34. The molecule has 20 heavy (non-hydrogen) atoms. The molecule has 1 unspecified atom stereocenters. The van der Waals surface area contributed by atoms with Gasteiger partial charge in [-0.05, 0) is 30.5 Å². The number of carbonyl (C=O) groups excluding carboxylic acids is 1. The van der Waals surface area contributed by atoms with Crippen molar-refractivity contribution in [1.82, 2.24) is 4.90 Å². The van der Waals surface area contributed by atoms with Gasteiger partial charge >= 0.3 is 0 Å². The molecule has 2 aliphatic rings. The molecule has 5 nitrogen and oxygen atoms in total. The molecule has 0 aliphatic carbocycles. The Morgan fingerprint density at radius 2 is 2.40 bits per heavy atom. The van der Waals surface area contributed by atoms with E-state index in [1.165, 1.54) is 0 Å². The highest BCUT2D eigenvalue weighted by atomic mass is 16.5. The molecule has 1 aromatic carbocycles. The maximum absolute atomic E-state index is 12.8. The van der Waals surface area contributed by atoms with Crippen molar-refractivity contribution in [1.29, 1.82) is 0 Å². The fourth-order valence-electron chi connectivity index (χ4n) is 2.94. The third kappa shape index (κ3) is 2.39. The Balaban J connectivity index is 1.90. The minimum atomic E-state index is -0.233. The Labute approximate surface area is 118 Å². The number of hydrogen-bond donors (Lipinski definition) is 2. The number of amides is 1. The number of aliphatic hydroxyl groups excluding tert-OH is 1. The second kappa shape index (κ2) is 5.81. The standard InChI is InChI=1S/C15H20N2O3/c18-9-11-10-20-8-7-17(11)15(19)13-3-1-5-14-12(13)4-2-6-16-14/h1,3,5,11,16,18H,2,4,6-10H2.